The molecule has 2 saturated carbocycles. The smallest absolute Gasteiger partial charge is 0.410 e. The summed E-state index contributed by atoms with van der Waals surface area (Å²) in [6, 6.07) is 1.13. The number of likely N-dealkylation sites (tertiary alicyclic amines) is 2. The van der Waals surface area contributed by atoms with Gasteiger partial charge in [-0.25, -0.2) is 9.59 Å². The summed E-state index contributed by atoms with van der Waals surface area (Å²) < 4.78 is 22.7. The molecule has 12 nitrogen and oxygen atoms in total. The maximum atomic E-state index is 12.6. The van der Waals surface area contributed by atoms with Crippen LogP contribution < -0.4 is 11.1 Å². The summed E-state index contributed by atoms with van der Waals surface area (Å²) in [5, 5.41) is 12.7. The standard InChI is InChI=1S/C26H48N2O5.C17H32N2O3/c1-18-16-22(17-19(2)28(18)24(30)33-25(3,4)5)32-15-9-10-20-11-13-21(14-12-20)27-26(6,7)23(29)31-8;1-12-10-16(11-13(2)19(12)17(20)21)22-9-3-4-14-5-7-15(18)8-6-14/h18-22,27H,9-17H2,1-8H3;12-16H,3-11,18H2,1-2H3,(H,20,21)/t18-,19+,20?,21?,22?;12-,13+,14?,15?,16?. The number of nitrogens with zero attached hydrogens (tertiary/aromatic N) is 2. The highest BCUT2D eigenvalue weighted by atomic mass is 16.6. The fraction of sp³-hybridized carbons (Fsp3) is 0.930. The van der Waals surface area contributed by atoms with Gasteiger partial charge in [0.1, 0.15) is 11.1 Å². The van der Waals surface area contributed by atoms with Crippen molar-refractivity contribution in [2.24, 2.45) is 17.6 Å². The highest BCUT2D eigenvalue weighted by molar-refractivity contribution is 5.79. The molecule has 0 aromatic carbocycles. The van der Waals surface area contributed by atoms with Crippen LogP contribution in [0.2, 0.25) is 0 Å². The van der Waals surface area contributed by atoms with Gasteiger partial charge in [0.15, 0.2) is 0 Å². The Morgan fingerprint density at radius 3 is 1.51 bits per heavy atom. The lowest BCUT2D eigenvalue weighted by Gasteiger charge is -2.42. The van der Waals surface area contributed by atoms with Crippen LogP contribution in [0.25, 0.3) is 0 Å². The van der Waals surface area contributed by atoms with Gasteiger partial charge >= 0.3 is 18.2 Å². The van der Waals surface area contributed by atoms with Crippen molar-refractivity contribution < 1.29 is 38.4 Å². The molecule has 12 heteroatoms. The fourth-order valence-corrected chi connectivity index (χ4v) is 9.50. The van der Waals surface area contributed by atoms with Crippen LogP contribution in [0.1, 0.15) is 165 Å². The lowest BCUT2D eigenvalue weighted by Crippen LogP contribution is -2.53. The number of hydrogen-bond acceptors (Lipinski definition) is 9. The Labute approximate surface area is 333 Å². The third-order valence-electron chi connectivity index (χ3n) is 12.4. The number of amides is 2. The molecule has 2 unspecified atom stereocenters. The third-order valence-corrected chi connectivity index (χ3v) is 12.4. The second kappa shape index (κ2) is 22.1. The van der Waals surface area contributed by atoms with E-state index in [1.807, 2.05) is 53.4 Å². The van der Waals surface area contributed by atoms with Gasteiger partial charge in [-0.15, -0.1) is 0 Å². The van der Waals surface area contributed by atoms with Gasteiger partial charge in [0.05, 0.1) is 19.3 Å². The van der Waals surface area contributed by atoms with Crippen molar-refractivity contribution >= 4 is 18.2 Å². The van der Waals surface area contributed by atoms with Gasteiger partial charge in [-0.05, 0) is 177 Å². The van der Waals surface area contributed by atoms with Crippen LogP contribution in [0.3, 0.4) is 0 Å². The van der Waals surface area contributed by atoms with Gasteiger partial charge in [-0.3, -0.25) is 10.1 Å². The first-order valence-electron chi connectivity index (χ1n) is 21.7. The lowest BCUT2D eigenvalue weighted by molar-refractivity contribution is -0.147. The minimum Gasteiger partial charge on any atom is -0.468 e. The highest BCUT2D eigenvalue weighted by Crippen LogP contribution is 2.32. The zero-order chi connectivity index (χ0) is 40.9. The first kappa shape index (κ1) is 47.2. The van der Waals surface area contributed by atoms with E-state index in [1.54, 1.807) is 4.90 Å². The molecule has 4 aliphatic rings. The number of hydrogen-bond donors (Lipinski definition) is 3. The minimum atomic E-state index is -0.811. The maximum Gasteiger partial charge on any atom is 0.410 e. The van der Waals surface area contributed by atoms with E-state index in [2.05, 4.69) is 19.2 Å². The fourth-order valence-electron chi connectivity index (χ4n) is 9.50. The van der Waals surface area contributed by atoms with Gasteiger partial charge < -0.3 is 39.6 Å². The van der Waals surface area contributed by atoms with Crippen molar-refractivity contribution in [1.82, 2.24) is 15.1 Å². The quantitative estimate of drug-likeness (QED) is 0.123. The molecule has 2 aliphatic heterocycles. The molecular weight excluding hydrogens is 700 g/mol. The topological polar surface area (TPSA) is 153 Å². The van der Waals surface area contributed by atoms with Gasteiger partial charge in [0.2, 0.25) is 0 Å². The summed E-state index contributed by atoms with van der Waals surface area (Å²) in [7, 11) is 1.44. The molecule has 55 heavy (non-hydrogen) atoms. The molecule has 4 fully saturated rings. The van der Waals surface area contributed by atoms with Crippen molar-refractivity contribution in [3.8, 4) is 0 Å². The van der Waals surface area contributed by atoms with Crippen molar-refractivity contribution in [3.05, 3.63) is 0 Å². The molecule has 4 N–H and O–H groups in total. The third kappa shape index (κ3) is 16.0. The lowest BCUT2D eigenvalue weighted by atomic mass is 9.82. The molecule has 2 amide bonds. The maximum absolute atomic E-state index is 12.6. The van der Waals surface area contributed by atoms with Crippen molar-refractivity contribution in [3.63, 3.8) is 0 Å². The molecule has 0 aromatic heterocycles. The summed E-state index contributed by atoms with van der Waals surface area (Å²) in [4.78, 5) is 39.1. The predicted molar refractivity (Wildman–Crippen MR) is 217 cm³/mol. The number of carboxylic acid groups (broad SMARTS) is 1. The highest BCUT2D eigenvalue weighted by Gasteiger charge is 2.38. The Balaban J connectivity index is 0.000000320. The number of esters is 1. The molecule has 0 radical (unpaired) electrons. The van der Waals surface area contributed by atoms with E-state index in [0.717, 1.165) is 76.4 Å². The van der Waals surface area contributed by atoms with E-state index in [4.69, 9.17) is 24.7 Å². The van der Waals surface area contributed by atoms with Crippen LogP contribution >= 0.6 is 0 Å². The molecule has 2 heterocycles. The van der Waals surface area contributed by atoms with E-state index in [0.29, 0.717) is 12.1 Å². The Morgan fingerprint density at radius 1 is 0.691 bits per heavy atom. The molecule has 0 aromatic rings. The summed E-state index contributed by atoms with van der Waals surface area (Å²) in [5.74, 6) is 1.36. The second-order valence-corrected chi connectivity index (χ2v) is 18.9. The van der Waals surface area contributed by atoms with E-state index in [9.17, 15) is 19.5 Å². The zero-order valence-corrected chi connectivity index (χ0v) is 36.3. The number of nitrogens with one attached hydrogen (secondary N) is 1. The first-order valence-corrected chi connectivity index (χ1v) is 21.7. The molecular formula is C43H80N4O8. The SMILES string of the molecule is COC(=O)C(C)(C)NC1CCC(CCCOC2C[C@@H](C)N(C(=O)OC(C)(C)C)[C@@H](C)C2)CC1.C[C@@H]1CC(OCCCC2CCC(N)CC2)C[C@H](C)N1C(=O)O. The Bertz CT molecular complexity index is 1140. The van der Waals surface area contributed by atoms with E-state index in [-0.39, 0.29) is 48.4 Å². The van der Waals surface area contributed by atoms with E-state index < -0.39 is 17.2 Å². The number of rotatable bonds is 13. The summed E-state index contributed by atoms with van der Waals surface area (Å²) in [6.07, 6.45) is 16.8. The van der Waals surface area contributed by atoms with Crippen molar-refractivity contribution in [2.75, 3.05) is 20.3 Å². The first-order chi connectivity index (χ1) is 25.8. The molecule has 6 atom stereocenters. The van der Waals surface area contributed by atoms with Crippen LogP contribution in [-0.4, -0.2) is 113 Å². The zero-order valence-electron chi connectivity index (χ0n) is 36.3. The minimum absolute atomic E-state index is 0.0473. The summed E-state index contributed by atoms with van der Waals surface area (Å²) in [5.41, 5.74) is 4.83. The van der Waals surface area contributed by atoms with Gasteiger partial charge in [-0.2, -0.15) is 0 Å². The summed E-state index contributed by atoms with van der Waals surface area (Å²) in [6.45, 7) is 19.2. The number of carbonyl (C=O) groups excluding carboxylic acids is 2. The largest absolute Gasteiger partial charge is 0.468 e. The Morgan fingerprint density at radius 2 is 1.11 bits per heavy atom. The van der Waals surface area contributed by atoms with Crippen LogP contribution in [0.5, 0.6) is 0 Å². The number of piperidine rings is 2. The average Bonchev–Trinajstić information content (AvgIpc) is 3.08. The Hall–Kier alpha value is -2.15. The molecule has 2 saturated heterocycles. The van der Waals surface area contributed by atoms with Crippen LogP contribution in [0, 0.1) is 11.8 Å². The monoisotopic (exact) mass is 781 g/mol. The van der Waals surface area contributed by atoms with Crippen LogP contribution in [-0.2, 0) is 23.7 Å². The molecule has 2 aliphatic carbocycles. The normalized spacial score (nSPS) is 31.9. The molecule has 0 bridgehead atoms. The molecule has 4 rings (SSSR count). The van der Waals surface area contributed by atoms with Crippen LogP contribution in [0.15, 0.2) is 0 Å². The number of nitrogens with two attached hydrogens (primary N) is 1. The molecule has 0 spiro atoms. The van der Waals surface area contributed by atoms with Crippen molar-refractivity contribution in [2.45, 2.75) is 225 Å². The van der Waals surface area contributed by atoms with Crippen LogP contribution in [0.4, 0.5) is 9.59 Å². The van der Waals surface area contributed by atoms with Gasteiger partial charge in [-0.1, -0.05) is 0 Å². The number of ether oxygens (including phenoxy) is 4. The van der Waals surface area contributed by atoms with E-state index in [1.165, 1.54) is 58.5 Å². The van der Waals surface area contributed by atoms with Gasteiger partial charge in [0.25, 0.3) is 0 Å². The second-order valence-electron chi connectivity index (χ2n) is 18.9. The predicted octanol–water partition coefficient (Wildman–Crippen LogP) is 8.28. The summed E-state index contributed by atoms with van der Waals surface area (Å²) >= 11 is 0. The molecule has 320 valence electrons. The Kier molecular flexibility index (Phi) is 19.0. The van der Waals surface area contributed by atoms with Gasteiger partial charge in [0, 0.05) is 49.5 Å². The van der Waals surface area contributed by atoms with E-state index >= 15 is 0 Å². The number of carbonyl (C=O) groups is 3. The average molecular weight is 781 g/mol. The van der Waals surface area contributed by atoms with Crippen molar-refractivity contribution in [1.29, 1.82) is 0 Å². The number of methoxy groups -OCH3 is 1.